The fourth-order valence-corrected chi connectivity index (χ4v) is 2.56. The standard InChI is InChI=1S/C18H15F2NO3/c19-12-2-4-13(5-3-12)21-17(24)18(7-8-18)16(23)10-11-1-6-15(22)14(20)9-11/h1-6,9,22H,7-8,10H2,(H,21,24). The predicted molar refractivity (Wildman–Crippen MR) is 83.5 cm³/mol. The Balaban J connectivity index is 1.70. The second-order valence-electron chi connectivity index (χ2n) is 5.93. The third-order valence-corrected chi connectivity index (χ3v) is 4.20. The van der Waals surface area contributed by atoms with Crippen LogP contribution in [0.4, 0.5) is 14.5 Å². The summed E-state index contributed by atoms with van der Waals surface area (Å²) in [5, 5.41) is 11.8. The molecule has 1 aliphatic carbocycles. The van der Waals surface area contributed by atoms with Crippen LogP contribution in [0.15, 0.2) is 42.5 Å². The molecule has 0 saturated heterocycles. The van der Waals surface area contributed by atoms with E-state index >= 15 is 0 Å². The lowest BCUT2D eigenvalue weighted by atomic mass is 9.94. The van der Waals surface area contributed by atoms with E-state index in [1.807, 2.05) is 0 Å². The largest absolute Gasteiger partial charge is 0.505 e. The molecule has 1 fully saturated rings. The van der Waals surface area contributed by atoms with Crippen LogP contribution in [-0.4, -0.2) is 16.8 Å². The van der Waals surface area contributed by atoms with E-state index in [9.17, 15) is 23.5 Å². The predicted octanol–water partition coefficient (Wildman–Crippen LogP) is 3.20. The molecule has 1 aliphatic rings. The Morgan fingerprint density at radius 3 is 2.33 bits per heavy atom. The summed E-state index contributed by atoms with van der Waals surface area (Å²) >= 11 is 0. The molecule has 0 aromatic heterocycles. The second kappa shape index (κ2) is 6.03. The molecule has 4 nitrogen and oxygen atoms in total. The summed E-state index contributed by atoms with van der Waals surface area (Å²) in [6.45, 7) is 0. The molecule has 1 saturated carbocycles. The third-order valence-electron chi connectivity index (χ3n) is 4.20. The average molecular weight is 331 g/mol. The van der Waals surface area contributed by atoms with Gasteiger partial charge in [0.15, 0.2) is 17.3 Å². The number of nitrogens with one attached hydrogen (secondary N) is 1. The molecule has 3 rings (SSSR count). The Bertz CT molecular complexity index is 798. The van der Waals surface area contributed by atoms with Crippen LogP contribution < -0.4 is 5.32 Å². The Labute approximate surface area is 137 Å². The normalized spacial score (nSPS) is 14.9. The number of halogens is 2. The summed E-state index contributed by atoms with van der Waals surface area (Å²) in [6.07, 6.45) is 0.771. The monoisotopic (exact) mass is 331 g/mol. The van der Waals surface area contributed by atoms with Crippen LogP contribution in [-0.2, 0) is 16.0 Å². The second-order valence-corrected chi connectivity index (χ2v) is 5.93. The maximum absolute atomic E-state index is 13.3. The van der Waals surface area contributed by atoms with Crippen molar-refractivity contribution in [3.63, 3.8) is 0 Å². The highest BCUT2D eigenvalue weighted by Gasteiger charge is 2.55. The smallest absolute Gasteiger partial charge is 0.238 e. The summed E-state index contributed by atoms with van der Waals surface area (Å²) in [5.74, 6) is -2.44. The van der Waals surface area contributed by atoms with Gasteiger partial charge in [0.25, 0.3) is 0 Å². The number of carbonyl (C=O) groups excluding carboxylic acids is 2. The molecule has 124 valence electrons. The molecule has 0 bridgehead atoms. The molecule has 0 aliphatic heterocycles. The number of amides is 1. The van der Waals surface area contributed by atoms with Crippen molar-refractivity contribution in [2.24, 2.45) is 5.41 Å². The van der Waals surface area contributed by atoms with E-state index in [4.69, 9.17) is 0 Å². The minimum atomic E-state index is -1.11. The first-order valence-electron chi connectivity index (χ1n) is 7.48. The van der Waals surface area contributed by atoms with Crippen LogP contribution in [0.3, 0.4) is 0 Å². The van der Waals surface area contributed by atoms with Crippen LogP contribution in [0.1, 0.15) is 18.4 Å². The molecule has 2 aromatic carbocycles. The molecule has 2 aromatic rings. The molecule has 1 amide bonds. The van der Waals surface area contributed by atoms with E-state index in [0.717, 1.165) is 6.07 Å². The van der Waals surface area contributed by atoms with Gasteiger partial charge >= 0.3 is 0 Å². The summed E-state index contributed by atoms with van der Waals surface area (Å²) in [4.78, 5) is 24.9. The van der Waals surface area contributed by atoms with Crippen molar-refractivity contribution in [2.45, 2.75) is 19.3 Å². The van der Waals surface area contributed by atoms with Gasteiger partial charge in [-0.05, 0) is 54.8 Å². The fourth-order valence-electron chi connectivity index (χ4n) is 2.56. The molecule has 0 unspecified atom stereocenters. The molecular weight excluding hydrogens is 316 g/mol. The third kappa shape index (κ3) is 3.13. The van der Waals surface area contributed by atoms with Gasteiger partial charge in [0.05, 0.1) is 0 Å². The van der Waals surface area contributed by atoms with E-state index < -0.39 is 28.7 Å². The van der Waals surface area contributed by atoms with Gasteiger partial charge in [0.1, 0.15) is 11.2 Å². The molecule has 0 heterocycles. The van der Waals surface area contributed by atoms with E-state index in [0.29, 0.717) is 24.1 Å². The zero-order valence-corrected chi connectivity index (χ0v) is 12.7. The summed E-state index contributed by atoms with van der Waals surface area (Å²) < 4.78 is 26.2. The van der Waals surface area contributed by atoms with Crippen molar-refractivity contribution in [1.29, 1.82) is 0 Å². The Kier molecular flexibility index (Phi) is 4.05. The number of rotatable bonds is 5. The Morgan fingerprint density at radius 1 is 1.08 bits per heavy atom. The van der Waals surface area contributed by atoms with Gasteiger partial charge in [-0.15, -0.1) is 0 Å². The van der Waals surface area contributed by atoms with Crippen molar-refractivity contribution in [3.05, 3.63) is 59.7 Å². The van der Waals surface area contributed by atoms with Gasteiger partial charge in [0, 0.05) is 12.1 Å². The van der Waals surface area contributed by atoms with Crippen LogP contribution in [0.5, 0.6) is 5.75 Å². The fraction of sp³-hybridized carbons (Fsp3) is 0.222. The number of phenols is 1. The van der Waals surface area contributed by atoms with Crippen LogP contribution in [0, 0.1) is 17.0 Å². The highest BCUT2D eigenvalue weighted by atomic mass is 19.1. The number of Topliss-reactive ketones (excluding diaryl/α,β-unsaturated/α-hetero) is 1. The zero-order chi connectivity index (χ0) is 17.3. The van der Waals surface area contributed by atoms with Crippen LogP contribution >= 0.6 is 0 Å². The van der Waals surface area contributed by atoms with E-state index in [2.05, 4.69) is 5.32 Å². The van der Waals surface area contributed by atoms with Crippen molar-refractivity contribution in [3.8, 4) is 5.75 Å². The Hall–Kier alpha value is -2.76. The van der Waals surface area contributed by atoms with Gasteiger partial charge in [-0.2, -0.15) is 0 Å². The first-order valence-corrected chi connectivity index (χ1v) is 7.48. The highest BCUT2D eigenvalue weighted by Crippen LogP contribution is 2.48. The average Bonchev–Trinajstić information content (AvgIpc) is 3.35. The number of anilines is 1. The summed E-state index contributed by atoms with van der Waals surface area (Å²) in [5.41, 5.74) is -0.296. The summed E-state index contributed by atoms with van der Waals surface area (Å²) in [7, 11) is 0. The number of hydrogen-bond acceptors (Lipinski definition) is 3. The Morgan fingerprint density at radius 2 is 1.75 bits per heavy atom. The van der Waals surface area contributed by atoms with Crippen LogP contribution in [0.2, 0.25) is 0 Å². The van der Waals surface area contributed by atoms with Gasteiger partial charge < -0.3 is 10.4 Å². The SMILES string of the molecule is O=C(Cc1ccc(O)c(F)c1)C1(C(=O)Nc2ccc(F)cc2)CC1. The number of aromatic hydroxyl groups is 1. The van der Waals surface area contributed by atoms with Crippen molar-refractivity contribution >= 4 is 17.4 Å². The number of ketones is 1. The first kappa shape index (κ1) is 16.1. The van der Waals surface area contributed by atoms with E-state index in [-0.39, 0.29) is 12.2 Å². The lowest BCUT2D eigenvalue weighted by Gasteiger charge is -2.14. The molecule has 0 radical (unpaired) electrons. The maximum atomic E-state index is 13.3. The zero-order valence-electron chi connectivity index (χ0n) is 12.7. The van der Waals surface area contributed by atoms with Crippen molar-refractivity contribution in [2.75, 3.05) is 5.32 Å². The lowest BCUT2D eigenvalue weighted by Crippen LogP contribution is -2.32. The summed E-state index contributed by atoms with van der Waals surface area (Å²) in [6, 6.07) is 8.99. The van der Waals surface area contributed by atoms with Gasteiger partial charge in [0.2, 0.25) is 5.91 Å². The van der Waals surface area contributed by atoms with Crippen molar-refractivity contribution in [1.82, 2.24) is 0 Å². The molecule has 0 spiro atoms. The molecule has 6 heteroatoms. The molecule has 2 N–H and O–H groups in total. The maximum Gasteiger partial charge on any atom is 0.238 e. The topological polar surface area (TPSA) is 66.4 Å². The van der Waals surface area contributed by atoms with Gasteiger partial charge in [-0.3, -0.25) is 9.59 Å². The minimum Gasteiger partial charge on any atom is -0.505 e. The van der Waals surface area contributed by atoms with Gasteiger partial charge in [-0.25, -0.2) is 8.78 Å². The quantitative estimate of drug-likeness (QED) is 0.827. The minimum absolute atomic E-state index is 0.0892. The number of benzene rings is 2. The van der Waals surface area contributed by atoms with Crippen molar-refractivity contribution < 1.29 is 23.5 Å². The molecule has 24 heavy (non-hydrogen) atoms. The highest BCUT2D eigenvalue weighted by molar-refractivity contribution is 6.14. The molecular formula is C18H15F2NO3. The first-order chi connectivity index (χ1) is 11.4. The van der Waals surface area contributed by atoms with Gasteiger partial charge in [-0.1, -0.05) is 6.07 Å². The number of phenolic OH excluding ortho intramolecular Hbond substituents is 1. The number of carbonyl (C=O) groups is 2. The molecule has 0 atom stereocenters. The van der Waals surface area contributed by atoms with E-state index in [1.54, 1.807) is 0 Å². The number of hydrogen-bond donors (Lipinski definition) is 2. The van der Waals surface area contributed by atoms with Crippen LogP contribution in [0.25, 0.3) is 0 Å². The lowest BCUT2D eigenvalue weighted by molar-refractivity contribution is -0.132. The van der Waals surface area contributed by atoms with E-state index in [1.165, 1.54) is 36.4 Å².